The fourth-order valence-corrected chi connectivity index (χ4v) is 6.98. The molecule has 0 amide bonds. The van der Waals surface area contributed by atoms with Crippen LogP contribution in [0.2, 0.25) is 5.02 Å². The molecule has 2 saturated carbocycles. The minimum atomic E-state index is -4.08. The number of fused-ring (bicyclic) bond motifs is 1. The van der Waals surface area contributed by atoms with Crippen LogP contribution in [0.3, 0.4) is 0 Å². The molecule has 39 heavy (non-hydrogen) atoms. The smallest absolute Gasteiger partial charge is 0.283 e. The zero-order valence-corrected chi connectivity index (χ0v) is 22.4. The van der Waals surface area contributed by atoms with Crippen molar-refractivity contribution in [3.8, 4) is 0 Å². The van der Waals surface area contributed by atoms with Gasteiger partial charge in [0.05, 0.1) is 38.8 Å². The first-order valence-corrected chi connectivity index (χ1v) is 14.7. The number of nitrogens with zero attached hydrogens (tertiary/aromatic N) is 6. The van der Waals surface area contributed by atoms with Crippen LogP contribution in [0.1, 0.15) is 36.0 Å². The second-order valence-electron chi connectivity index (χ2n) is 10.5. The summed E-state index contributed by atoms with van der Waals surface area (Å²) in [7, 11) is -4.08. The Bertz CT molecular complexity index is 1720. The molecule has 1 saturated heterocycles. The van der Waals surface area contributed by atoms with Gasteiger partial charge in [0.25, 0.3) is 10.0 Å². The molecular formula is C27H24ClFN6O3S. The number of halogens is 2. The average molecular weight is 567 g/mol. The summed E-state index contributed by atoms with van der Waals surface area (Å²) in [5.74, 6) is 0.587. The van der Waals surface area contributed by atoms with Crippen LogP contribution < -0.4 is 9.80 Å². The van der Waals surface area contributed by atoms with E-state index in [1.807, 2.05) is 4.90 Å². The van der Waals surface area contributed by atoms with Crippen molar-refractivity contribution in [2.75, 3.05) is 29.4 Å². The Morgan fingerprint density at radius 1 is 1.03 bits per heavy atom. The van der Waals surface area contributed by atoms with Crippen LogP contribution >= 0.6 is 11.6 Å². The van der Waals surface area contributed by atoms with Crippen molar-refractivity contribution in [2.24, 2.45) is 5.92 Å². The lowest BCUT2D eigenvalue weighted by Gasteiger charge is -2.42. The predicted molar refractivity (Wildman–Crippen MR) is 144 cm³/mol. The molecule has 0 bridgehead atoms. The summed E-state index contributed by atoms with van der Waals surface area (Å²) < 4.78 is 42.1. The van der Waals surface area contributed by atoms with E-state index in [-0.39, 0.29) is 22.1 Å². The van der Waals surface area contributed by atoms with Gasteiger partial charge in [-0.05, 0) is 49.9 Å². The Labute approximate surface area is 229 Å². The maximum absolute atomic E-state index is 13.8. The maximum atomic E-state index is 13.8. The van der Waals surface area contributed by atoms with Gasteiger partial charge in [-0.2, -0.15) is 12.5 Å². The highest BCUT2D eigenvalue weighted by Crippen LogP contribution is 2.49. The second kappa shape index (κ2) is 8.72. The van der Waals surface area contributed by atoms with E-state index in [9.17, 15) is 17.6 Å². The molecule has 12 heteroatoms. The van der Waals surface area contributed by atoms with Crippen LogP contribution in [0.15, 0.2) is 59.8 Å². The van der Waals surface area contributed by atoms with Crippen molar-refractivity contribution < 1.29 is 17.6 Å². The minimum absolute atomic E-state index is 0.0465. The monoisotopic (exact) mass is 566 g/mol. The Morgan fingerprint density at radius 3 is 2.41 bits per heavy atom. The first-order chi connectivity index (χ1) is 18.8. The number of benzene rings is 2. The van der Waals surface area contributed by atoms with Crippen LogP contribution in [0, 0.1) is 11.7 Å². The summed E-state index contributed by atoms with van der Waals surface area (Å²) in [6, 6.07) is 11.2. The number of hydrogen-bond acceptors (Lipinski definition) is 8. The molecule has 3 heterocycles. The number of carbonyl (C=O) groups excluding carboxylic acids is 1. The number of anilines is 2. The SMILES string of the molecule is O=C(c1ccc(S(=O)(=O)n2nc(N3CCN(c4ncc(F)cn4)CC34CC4)c3c(Cl)cccc32)cc1)C1CC1. The molecule has 1 aliphatic heterocycles. The summed E-state index contributed by atoms with van der Waals surface area (Å²) in [6.07, 6.45) is 5.84. The molecular weight excluding hydrogens is 543 g/mol. The number of piperazine rings is 1. The highest BCUT2D eigenvalue weighted by molar-refractivity contribution is 7.90. The number of Topliss-reactive ketones (excluding diaryl/α,β-unsaturated/α-hetero) is 1. The van der Waals surface area contributed by atoms with Gasteiger partial charge in [-0.3, -0.25) is 4.79 Å². The number of ketones is 1. The molecule has 9 nitrogen and oxygen atoms in total. The van der Waals surface area contributed by atoms with E-state index in [1.54, 1.807) is 30.3 Å². The molecule has 2 aliphatic carbocycles. The van der Waals surface area contributed by atoms with Crippen LogP contribution in [0.5, 0.6) is 0 Å². The molecule has 2 aromatic carbocycles. The first-order valence-electron chi connectivity index (χ1n) is 12.8. The van der Waals surface area contributed by atoms with E-state index in [4.69, 9.17) is 11.6 Å². The average Bonchev–Trinajstić information content (AvgIpc) is 3.87. The molecule has 3 fully saturated rings. The number of carbonyl (C=O) groups is 1. The van der Waals surface area contributed by atoms with Crippen LogP contribution in [-0.2, 0) is 10.0 Å². The van der Waals surface area contributed by atoms with Gasteiger partial charge in [0.15, 0.2) is 17.4 Å². The van der Waals surface area contributed by atoms with Gasteiger partial charge in [-0.1, -0.05) is 29.8 Å². The fraction of sp³-hybridized carbons (Fsp3) is 0.333. The van der Waals surface area contributed by atoms with E-state index < -0.39 is 15.8 Å². The van der Waals surface area contributed by atoms with Crippen molar-refractivity contribution in [3.05, 3.63) is 71.3 Å². The Balaban J connectivity index is 1.26. The van der Waals surface area contributed by atoms with Gasteiger partial charge in [0.1, 0.15) is 0 Å². The molecule has 4 aromatic rings. The third-order valence-electron chi connectivity index (χ3n) is 7.84. The minimum Gasteiger partial charge on any atom is -0.345 e. The van der Waals surface area contributed by atoms with E-state index in [0.717, 1.165) is 42.2 Å². The molecule has 0 radical (unpaired) electrons. The first kappa shape index (κ1) is 24.5. The zero-order valence-electron chi connectivity index (χ0n) is 20.8. The molecule has 3 aliphatic rings. The largest absolute Gasteiger partial charge is 0.345 e. The Morgan fingerprint density at radius 2 is 1.74 bits per heavy atom. The van der Waals surface area contributed by atoms with Crippen LogP contribution in [0.25, 0.3) is 10.9 Å². The van der Waals surface area contributed by atoms with Crippen LogP contribution in [-0.4, -0.2) is 58.5 Å². The van der Waals surface area contributed by atoms with Crippen molar-refractivity contribution in [1.82, 2.24) is 19.2 Å². The van der Waals surface area contributed by atoms with E-state index in [2.05, 4.69) is 20.0 Å². The second-order valence-corrected chi connectivity index (χ2v) is 12.6. The van der Waals surface area contributed by atoms with Crippen molar-refractivity contribution in [1.29, 1.82) is 0 Å². The number of hydrogen-bond donors (Lipinski definition) is 0. The third-order valence-corrected chi connectivity index (χ3v) is 9.76. The van der Waals surface area contributed by atoms with Crippen molar-refractivity contribution in [2.45, 2.75) is 36.1 Å². The number of aromatic nitrogens is 4. The van der Waals surface area contributed by atoms with Gasteiger partial charge in [-0.15, -0.1) is 5.10 Å². The quantitative estimate of drug-likeness (QED) is 0.318. The highest BCUT2D eigenvalue weighted by Gasteiger charge is 2.53. The van der Waals surface area contributed by atoms with Crippen molar-refractivity contribution in [3.63, 3.8) is 0 Å². The van der Waals surface area contributed by atoms with E-state index >= 15 is 0 Å². The van der Waals surface area contributed by atoms with E-state index in [0.29, 0.717) is 52.9 Å². The van der Waals surface area contributed by atoms with Gasteiger partial charge in [-0.25, -0.2) is 14.4 Å². The number of rotatable bonds is 6. The third kappa shape index (κ3) is 4.06. The van der Waals surface area contributed by atoms with E-state index in [1.165, 1.54) is 12.1 Å². The molecule has 7 rings (SSSR count). The Hall–Kier alpha value is -3.57. The lowest BCUT2D eigenvalue weighted by Crippen LogP contribution is -2.56. The molecule has 1 spiro atoms. The van der Waals surface area contributed by atoms with Gasteiger partial charge in [0, 0.05) is 31.1 Å². The summed E-state index contributed by atoms with van der Waals surface area (Å²) in [4.78, 5) is 24.9. The van der Waals surface area contributed by atoms with Gasteiger partial charge < -0.3 is 9.80 Å². The molecule has 200 valence electrons. The van der Waals surface area contributed by atoms with Crippen LogP contribution in [0.4, 0.5) is 16.2 Å². The summed E-state index contributed by atoms with van der Waals surface area (Å²) >= 11 is 6.66. The van der Waals surface area contributed by atoms with Gasteiger partial charge >= 0.3 is 0 Å². The fourth-order valence-electron chi connectivity index (χ4n) is 5.45. The highest BCUT2D eigenvalue weighted by atomic mass is 35.5. The molecule has 0 N–H and O–H groups in total. The maximum Gasteiger partial charge on any atom is 0.283 e. The summed E-state index contributed by atoms with van der Waals surface area (Å²) in [6.45, 7) is 1.69. The Kier molecular flexibility index (Phi) is 5.47. The van der Waals surface area contributed by atoms with Gasteiger partial charge in [0.2, 0.25) is 5.95 Å². The zero-order chi connectivity index (χ0) is 26.9. The predicted octanol–water partition coefficient (Wildman–Crippen LogP) is 4.31. The summed E-state index contributed by atoms with van der Waals surface area (Å²) in [5.41, 5.74) is 0.621. The standard InChI is InChI=1S/C27H24ClFN6O3S/c28-21-2-1-3-22-23(21)25(34-13-12-33(16-27(34)10-11-27)26-30-14-19(29)15-31-26)32-35(22)39(37,38)20-8-6-18(7-9-20)24(36)17-4-5-17/h1-3,6-9,14-15,17H,4-5,10-13,16H2. The van der Waals surface area contributed by atoms with Crippen molar-refractivity contribution >= 4 is 50.1 Å². The lowest BCUT2D eigenvalue weighted by molar-refractivity contribution is 0.0967. The topological polar surface area (TPSA) is 101 Å². The molecule has 0 unspecified atom stereocenters. The summed E-state index contributed by atoms with van der Waals surface area (Å²) in [5, 5.41) is 5.65. The molecule has 2 aromatic heterocycles. The normalized spacial score (nSPS) is 18.6. The molecule has 0 atom stereocenters. The lowest BCUT2D eigenvalue weighted by atomic mass is 10.1.